The van der Waals surface area contributed by atoms with Gasteiger partial charge in [0, 0.05) is 6.42 Å². The van der Waals surface area contributed by atoms with Crippen molar-refractivity contribution in [3.63, 3.8) is 0 Å². The second kappa shape index (κ2) is 3.89. The van der Waals surface area contributed by atoms with E-state index < -0.39 is 11.9 Å². The largest absolute Gasteiger partial charge is 0.481 e. The molecule has 0 aliphatic heterocycles. The van der Waals surface area contributed by atoms with Gasteiger partial charge in [-0.05, 0) is 5.92 Å². The number of rotatable bonds is 3. The third-order valence-corrected chi connectivity index (χ3v) is 1.43. The van der Waals surface area contributed by atoms with E-state index in [4.69, 9.17) is 10.4 Å². The van der Waals surface area contributed by atoms with Crippen LogP contribution >= 0.6 is 0 Å². The predicted molar refractivity (Wildman–Crippen MR) is 36.2 cm³/mol. The number of hydrogen-bond donors (Lipinski definition) is 1. The fraction of sp³-hybridized carbons (Fsp3) is 0.714. The molecular weight excluding hydrogens is 130 g/mol. The van der Waals surface area contributed by atoms with Gasteiger partial charge in [-0.25, -0.2) is 0 Å². The first-order valence-corrected chi connectivity index (χ1v) is 3.19. The van der Waals surface area contributed by atoms with Crippen molar-refractivity contribution < 1.29 is 9.90 Å². The Bertz CT molecular complexity index is 157. The lowest BCUT2D eigenvalue weighted by Crippen LogP contribution is -2.18. The van der Waals surface area contributed by atoms with Gasteiger partial charge in [-0.15, -0.1) is 0 Å². The molecule has 56 valence electrons. The van der Waals surface area contributed by atoms with E-state index in [9.17, 15) is 4.79 Å². The molecule has 3 heteroatoms. The summed E-state index contributed by atoms with van der Waals surface area (Å²) in [6.07, 6.45) is 0.104. The molecule has 3 nitrogen and oxygen atoms in total. The zero-order valence-electron chi connectivity index (χ0n) is 6.16. The van der Waals surface area contributed by atoms with Gasteiger partial charge in [0.15, 0.2) is 0 Å². The fourth-order valence-electron chi connectivity index (χ4n) is 0.707. The number of carbonyl (C=O) groups is 1. The Morgan fingerprint density at radius 3 is 2.30 bits per heavy atom. The van der Waals surface area contributed by atoms with Crippen LogP contribution in [0, 0.1) is 23.2 Å². The van der Waals surface area contributed by atoms with Crippen molar-refractivity contribution in [2.75, 3.05) is 0 Å². The van der Waals surface area contributed by atoms with Gasteiger partial charge in [0.25, 0.3) is 0 Å². The normalized spacial score (nSPS) is 12.6. The number of carboxylic acid groups (broad SMARTS) is 1. The van der Waals surface area contributed by atoms with E-state index in [1.807, 2.05) is 6.07 Å². The van der Waals surface area contributed by atoms with Crippen LogP contribution in [0.4, 0.5) is 0 Å². The summed E-state index contributed by atoms with van der Waals surface area (Å²) in [5.74, 6) is -1.35. The molecule has 0 aliphatic rings. The summed E-state index contributed by atoms with van der Waals surface area (Å²) >= 11 is 0. The number of carboxylic acids is 1. The molecule has 0 aromatic carbocycles. The molecule has 0 aromatic rings. The van der Waals surface area contributed by atoms with Crippen molar-refractivity contribution in [2.45, 2.75) is 20.3 Å². The quantitative estimate of drug-likeness (QED) is 0.643. The lowest BCUT2D eigenvalue weighted by atomic mass is 9.93. The van der Waals surface area contributed by atoms with E-state index in [0.717, 1.165) is 0 Å². The van der Waals surface area contributed by atoms with Crippen LogP contribution in [0.15, 0.2) is 0 Å². The molecule has 0 radical (unpaired) electrons. The highest BCUT2D eigenvalue weighted by atomic mass is 16.4. The molecule has 1 atom stereocenters. The van der Waals surface area contributed by atoms with E-state index in [-0.39, 0.29) is 12.3 Å². The van der Waals surface area contributed by atoms with Crippen LogP contribution in [-0.2, 0) is 4.79 Å². The zero-order chi connectivity index (χ0) is 8.15. The second-order valence-electron chi connectivity index (χ2n) is 2.55. The van der Waals surface area contributed by atoms with Crippen LogP contribution in [0.2, 0.25) is 0 Å². The van der Waals surface area contributed by atoms with Crippen molar-refractivity contribution in [3.05, 3.63) is 0 Å². The van der Waals surface area contributed by atoms with Crippen molar-refractivity contribution in [3.8, 4) is 6.07 Å². The SMILES string of the molecule is CC(C)C(CC#N)C(=O)O. The summed E-state index contributed by atoms with van der Waals surface area (Å²) < 4.78 is 0. The van der Waals surface area contributed by atoms with Crippen LogP contribution in [-0.4, -0.2) is 11.1 Å². The predicted octanol–water partition coefficient (Wildman–Crippen LogP) is 1.26. The van der Waals surface area contributed by atoms with Crippen molar-refractivity contribution in [1.82, 2.24) is 0 Å². The van der Waals surface area contributed by atoms with Crippen LogP contribution in [0.3, 0.4) is 0 Å². The van der Waals surface area contributed by atoms with Crippen LogP contribution in [0.25, 0.3) is 0 Å². The van der Waals surface area contributed by atoms with E-state index in [0.29, 0.717) is 0 Å². The van der Waals surface area contributed by atoms with Gasteiger partial charge in [-0.2, -0.15) is 5.26 Å². The number of nitriles is 1. The molecule has 0 fully saturated rings. The topological polar surface area (TPSA) is 61.1 Å². The third kappa shape index (κ3) is 2.49. The summed E-state index contributed by atoms with van der Waals surface area (Å²) in [6.45, 7) is 3.60. The molecular formula is C7H11NO2. The Labute approximate surface area is 60.3 Å². The third-order valence-electron chi connectivity index (χ3n) is 1.43. The standard InChI is InChI=1S/C7H11NO2/c1-5(2)6(3-4-8)7(9)10/h5-6H,3H2,1-2H3,(H,9,10). The first-order valence-electron chi connectivity index (χ1n) is 3.19. The smallest absolute Gasteiger partial charge is 0.307 e. The maximum absolute atomic E-state index is 10.4. The van der Waals surface area contributed by atoms with Crippen molar-refractivity contribution in [2.24, 2.45) is 11.8 Å². The minimum absolute atomic E-state index is 0.0390. The molecule has 0 saturated carbocycles. The minimum atomic E-state index is -0.878. The highest BCUT2D eigenvalue weighted by Gasteiger charge is 2.20. The monoisotopic (exact) mass is 141 g/mol. The van der Waals surface area contributed by atoms with Gasteiger partial charge in [-0.1, -0.05) is 13.8 Å². The van der Waals surface area contributed by atoms with E-state index in [2.05, 4.69) is 0 Å². The molecule has 0 aromatic heterocycles. The van der Waals surface area contributed by atoms with E-state index in [1.54, 1.807) is 13.8 Å². The van der Waals surface area contributed by atoms with Gasteiger partial charge in [0.2, 0.25) is 0 Å². The van der Waals surface area contributed by atoms with Crippen molar-refractivity contribution in [1.29, 1.82) is 5.26 Å². The van der Waals surface area contributed by atoms with Gasteiger partial charge in [-0.3, -0.25) is 4.79 Å². The Kier molecular flexibility index (Phi) is 3.48. The summed E-state index contributed by atoms with van der Waals surface area (Å²) in [5, 5.41) is 16.7. The van der Waals surface area contributed by atoms with Gasteiger partial charge in [0.1, 0.15) is 0 Å². The molecule has 0 rings (SSSR count). The first-order chi connectivity index (χ1) is 4.59. The fourth-order valence-corrected chi connectivity index (χ4v) is 0.707. The maximum atomic E-state index is 10.4. The molecule has 0 aliphatic carbocycles. The molecule has 1 N–H and O–H groups in total. The van der Waals surface area contributed by atoms with E-state index in [1.165, 1.54) is 0 Å². The number of hydrogen-bond acceptors (Lipinski definition) is 2. The Balaban J connectivity index is 4.01. The first kappa shape index (κ1) is 8.96. The summed E-state index contributed by atoms with van der Waals surface area (Å²) in [7, 11) is 0. The second-order valence-corrected chi connectivity index (χ2v) is 2.55. The van der Waals surface area contributed by atoms with Gasteiger partial charge in [0.05, 0.1) is 12.0 Å². The summed E-state index contributed by atoms with van der Waals surface area (Å²) in [4.78, 5) is 10.4. The molecule has 0 saturated heterocycles. The van der Waals surface area contributed by atoms with E-state index >= 15 is 0 Å². The molecule has 0 heterocycles. The average Bonchev–Trinajstić information content (AvgIpc) is 1.81. The average molecular weight is 141 g/mol. The molecule has 0 spiro atoms. The maximum Gasteiger partial charge on any atom is 0.307 e. The van der Waals surface area contributed by atoms with Crippen LogP contribution in [0.5, 0.6) is 0 Å². The minimum Gasteiger partial charge on any atom is -0.481 e. The Morgan fingerprint density at radius 2 is 2.20 bits per heavy atom. The Hall–Kier alpha value is -1.04. The zero-order valence-corrected chi connectivity index (χ0v) is 6.16. The lowest BCUT2D eigenvalue weighted by Gasteiger charge is -2.10. The summed E-state index contributed by atoms with van der Waals surface area (Å²) in [5.41, 5.74) is 0. The highest BCUT2D eigenvalue weighted by molar-refractivity contribution is 5.70. The molecule has 0 amide bonds. The van der Waals surface area contributed by atoms with Crippen LogP contribution < -0.4 is 0 Å². The number of aliphatic carboxylic acids is 1. The van der Waals surface area contributed by atoms with Gasteiger partial charge >= 0.3 is 5.97 Å². The summed E-state index contributed by atoms with van der Waals surface area (Å²) in [6, 6.07) is 1.85. The highest BCUT2D eigenvalue weighted by Crippen LogP contribution is 2.13. The van der Waals surface area contributed by atoms with Crippen molar-refractivity contribution >= 4 is 5.97 Å². The van der Waals surface area contributed by atoms with Crippen LogP contribution in [0.1, 0.15) is 20.3 Å². The van der Waals surface area contributed by atoms with Gasteiger partial charge < -0.3 is 5.11 Å². The lowest BCUT2D eigenvalue weighted by molar-refractivity contribution is -0.143. The molecule has 10 heavy (non-hydrogen) atoms. The Morgan fingerprint density at radius 1 is 1.70 bits per heavy atom. The molecule has 0 bridgehead atoms. The number of nitrogens with zero attached hydrogens (tertiary/aromatic N) is 1. The molecule has 1 unspecified atom stereocenters.